The van der Waals surface area contributed by atoms with Gasteiger partial charge in [0.25, 0.3) is 0 Å². The molecule has 0 amide bonds. The summed E-state index contributed by atoms with van der Waals surface area (Å²) in [6, 6.07) is 8.25. The van der Waals surface area contributed by atoms with Gasteiger partial charge in [0.05, 0.1) is 5.52 Å². The van der Waals surface area contributed by atoms with Crippen LogP contribution in [0.5, 0.6) is 0 Å². The number of hydrogen-bond donors (Lipinski definition) is 2. The summed E-state index contributed by atoms with van der Waals surface area (Å²) in [4.78, 5) is 14.5. The van der Waals surface area contributed by atoms with Gasteiger partial charge in [-0.05, 0) is 64.0 Å². The van der Waals surface area contributed by atoms with Crippen molar-refractivity contribution in [3.05, 3.63) is 24.3 Å². The third-order valence-electron chi connectivity index (χ3n) is 5.43. The summed E-state index contributed by atoms with van der Waals surface area (Å²) in [5.41, 5.74) is 0.995. The number of nitrogens with zero attached hydrogens (tertiary/aromatic N) is 4. The Hall–Kier alpha value is -1.92. The number of aromatic nitrogens is 2. The summed E-state index contributed by atoms with van der Waals surface area (Å²) >= 11 is 0. The summed E-state index contributed by atoms with van der Waals surface area (Å²) in [5.74, 6) is 1.67. The monoisotopic (exact) mass is 354 g/mol. The Morgan fingerprint density at radius 1 is 0.769 bits per heavy atom. The number of anilines is 2. The van der Waals surface area contributed by atoms with Crippen molar-refractivity contribution < 1.29 is 0 Å². The Balaban J connectivity index is 1.40. The van der Waals surface area contributed by atoms with Gasteiger partial charge in [0, 0.05) is 31.6 Å². The SMILES string of the molecule is c1ccc2c(NCCN3CCCC3)nc(NCCN3CCCC3)nc2c1. The molecular weight excluding hydrogens is 324 g/mol. The fraction of sp³-hybridized carbons (Fsp3) is 0.600. The molecule has 0 atom stereocenters. The maximum atomic E-state index is 4.76. The molecule has 1 aromatic carbocycles. The number of nitrogens with one attached hydrogen (secondary N) is 2. The highest BCUT2D eigenvalue weighted by atomic mass is 15.2. The van der Waals surface area contributed by atoms with Crippen LogP contribution in [0, 0.1) is 0 Å². The summed E-state index contributed by atoms with van der Waals surface area (Å²) in [7, 11) is 0. The fourth-order valence-electron chi connectivity index (χ4n) is 3.96. The van der Waals surface area contributed by atoms with Crippen molar-refractivity contribution in [1.82, 2.24) is 19.8 Å². The lowest BCUT2D eigenvalue weighted by Gasteiger charge is -2.17. The van der Waals surface area contributed by atoms with Crippen LogP contribution in [-0.2, 0) is 0 Å². The number of benzene rings is 1. The lowest BCUT2D eigenvalue weighted by Crippen LogP contribution is -2.27. The molecule has 3 heterocycles. The minimum Gasteiger partial charge on any atom is -0.368 e. The molecule has 0 radical (unpaired) electrons. The number of likely N-dealkylation sites (tertiary alicyclic amines) is 2. The van der Waals surface area contributed by atoms with E-state index in [1.165, 1.54) is 51.9 Å². The van der Waals surface area contributed by atoms with Crippen LogP contribution >= 0.6 is 0 Å². The first-order chi connectivity index (χ1) is 12.9. The van der Waals surface area contributed by atoms with Crippen LogP contribution in [0.25, 0.3) is 10.9 Å². The topological polar surface area (TPSA) is 56.3 Å². The van der Waals surface area contributed by atoms with E-state index in [0.29, 0.717) is 0 Å². The molecule has 2 N–H and O–H groups in total. The molecule has 26 heavy (non-hydrogen) atoms. The lowest BCUT2D eigenvalue weighted by molar-refractivity contribution is 0.352. The predicted octanol–water partition coefficient (Wildman–Crippen LogP) is 2.65. The van der Waals surface area contributed by atoms with Crippen molar-refractivity contribution in [2.75, 3.05) is 63.0 Å². The van der Waals surface area contributed by atoms with Crippen molar-refractivity contribution in [3.63, 3.8) is 0 Å². The highest BCUT2D eigenvalue weighted by molar-refractivity contribution is 5.90. The zero-order chi connectivity index (χ0) is 17.6. The predicted molar refractivity (Wildman–Crippen MR) is 108 cm³/mol. The van der Waals surface area contributed by atoms with Crippen molar-refractivity contribution >= 4 is 22.7 Å². The first-order valence-corrected chi connectivity index (χ1v) is 10.1. The Bertz CT molecular complexity index is 707. The molecular formula is C20H30N6. The maximum absolute atomic E-state index is 4.76. The molecule has 6 heteroatoms. The summed E-state index contributed by atoms with van der Waals surface area (Å²) in [6.45, 7) is 8.88. The minimum absolute atomic E-state index is 0.728. The van der Waals surface area contributed by atoms with Crippen LogP contribution in [0.4, 0.5) is 11.8 Å². The van der Waals surface area contributed by atoms with Crippen LogP contribution < -0.4 is 10.6 Å². The van der Waals surface area contributed by atoms with E-state index < -0.39 is 0 Å². The molecule has 2 saturated heterocycles. The molecule has 0 bridgehead atoms. The van der Waals surface area contributed by atoms with Gasteiger partial charge >= 0.3 is 0 Å². The molecule has 0 aliphatic carbocycles. The molecule has 2 aliphatic heterocycles. The van der Waals surface area contributed by atoms with Gasteiger partial charge in [-0.25, -0.2) is 4.98 Å². The van der Waals surface area contributed by atoms with Gasteiger partial charge in [0.1, 0.15) is 5.82 Å². The number of fused-ring (bicyclic) bond motifs is 1. The second-order valence-electron chi connectivity index (χ2n) is 7.36. The molecule has 0 spiro atoms. The minimum atomic E-state index is 0.728. The van der Waals surface area contributed by atoms with Crippen molar-refractivity contribution in [2.24, 2.45) is 0 Å². The second-order valence-corrected chi connectivity index (χ2v) is 7.36. The third kappa shape index (κ3) is 4.43. The normalized spacial score (nSPS) is 18.6. The fourth-order valence-corrected chi connectivity index (χ4v) is 3.96. The Morgan fingerprint density at radius 2 is 1.38 bits per heavy atom. The summed E-state index contributed by atoms with van der Waals surface area (Å²) in [6.07, 6.45) is 5.33. The van der Waals surface area contributed by atoms with Crippen LogP contribution in [0.2, 0.25) is 0 Å². The standard InChI is InChI=1S/C20H30N6/c1-2-8-18-17(7-1)19(21-9-15-25-11-3-4-12-25)24-20(23-18)22-10-16-26-13-5-6-14-26/h1-2,7-8H,3-6,9-16H2,(H2,21,22,23,24). The maximum Gasteiger partial charge on any atom is 0.225 e. The molecule has 0 saturated carbocycles. The van der Waals surface area contributed by atoms with E-state index in [4.69, 9.17) is 9.97 Å². The molecule has 140 valence electrons. The van der Waals surface area contributed by atoms with Gasteiger partial charge in [0.15, 0.2) is 0 Å². The molecule has 2 aromatic rings. The van der Waals surface area contributed by atoms with Crippen molar-refractivity contribution in [3.8, 4) is 0 Å². The Labute approximate surface area is 156 Å². The lowest BCUT2D eigenvalue weighted by atomic mass is 10.2. The van der Waals surface area contributed by atoms with E-state index in [1.54, 1.807) is 0 Å². The van der Waals surface area contributed by atoms with E-state index in [1.807, 2.05) is 6.07 Å². The highest BCUT2D eigenvalue weighted by Gasteiger charge is 2.13. The van der Waals surface area contributed by atoms with Gasteiger partial charge in [-0.1, -0.05) is 12.1 Å². The first kappa shape index (κ1) is 17.5. The van der Waals surface area contributed by atoms with Crippen LogP contribution in [-0.4, -0.2) is 72.1 Å². The zero-order valence-corrected chi connectivity index (χ0v) is 15.6. The summed E-state index contributed by atoms with van der Waals surface area (Å²) in [5, 5.41) is 8.06. The molecule has 1 aromatic heterocycles. The smallest absolute Gasteiger partial charge is 0.225 e. The van der Waals surface area contributed by atoms with Crippen LogP contribution in [0.1, 0.15) is 25.7 Å². The molecule has 2 fully saturated rings. The van der Waals surface area contributed by atoms with E-state index in [9.17, 15) is 0 Å². The van der Waals surface area contributed by atoms with Crippen molar-refractivity contribution in [2.45, 2.75) is 25.7 Å². The van der Waals surface area contributed by atoms with Gasteiger partial charge in [-0.15, -0.1) is 0 Å². The Morgan fingerprint density at radius 3 is 2.08 bits per heavy atom. The summed E-state index contributed by atoms with van der Waals surface area (Å²) < 4.78 is 0. The van der Waals surface area contributed by atoms with Gasteiger partial charge in [-0.2, -0.15) is 4.98 Å². The van der Waals surface area contributed by atoms with E-state index >= 15 is 0 Å². The Kier molecular flexibility index (Phi) is 5.82. The van der Waals surface area contributed by atoms with Gasteiger partial charge < -0.3 is 20.4 Å². The average molecular weight is 355 g/mol. The van der Waals surface area contributed by atoms with Gasteiger partial charge in [0.2, 0.25) is 5.95 Å². The highest BCUT2D eigenvalue weighted by Crippen LogP contribution is 2.21. The quantitative estimate of drug-likeness (QED) is 0.760. The average Bonchev–Trinajstić information content (AvgIpc) is 3.36. The van der Waals surface area contributed by atoms with E-state index in [2.05, 4.69) is 38.6 Å². The number of para-hydroxylation sites is 1. The second kappa shape index (κ2) is 8.64. The van der Waals surface area contributed by atoms with Crippen LogP contribution in [0.3, 0.4) is 0 Å². The molecule has 6 nitrogen and oxygen atoms in total. The van der Waals surface area contributed by atoms with Crippen LogP contribution in [0.15, 0.2) is 24.3 Å². The van der Waals surface area contributed by atoms with E-state index in [0.717, 1.165) is 48.8 Å². The zero-order valence-electron chi connectivity index (χ0n) is 15.6. The largest absolute Gasteiger partial charge is 0.368 e. The van der Waals surface area contributed by atoms with Crippen molar-refractivity contribution in [1.29, 1.82) is 0 Å². The van der Waals surface area contributed by atoms with Gasteiger partial charge in [-0.3, -0.25) is 0 Å². The van der Waals surface area contributed by atoms with E-state index in [-0.39, 0.29) is 0 Å². The molecule has 0 unspecified atom stereocenters. The number of hydrogen-bond acceptors (Lipinski definition) is 6. The molecule has 4 rings (SSSR count). The third-order valence-corrected chi connectivity index (χ3v) is 5.43. The number of rotatable bonds is 8. The first-order valence-electron chi connectivity index (χ1n) is 10.1. The molecule has 2 aliphatic rings.